The predicted octanol–water partition coefficient (Wildman–Crippen LogP) is 3.85. The SMILES string of the molecule is CC(C)CCCC(=O)c1cncc(Br)c1. The van der Waals surface area contributed by atoms with E-state index >= 15 is 0 Å². The van der Waals surface area contributed by atoms with Gasteiger partial charge in [-0.05, 0) is 34.3 Å². The summed E-state index contributed by atoms with van der Waals surface area (Å²) in [4.78, 5) is 15.7. The third-order valence-corrected chi connectivity index (χ3v) is 2.65. The van der Waals surface area contributed by atoms with Crippen molar-refractivity contribution in [3.05, 3.63) is 28.5 Å². The van der Waals surface area contributed by atoms with Gasteiger partial charge in [0.2, 0.25) is 0 Å². The van der Waals surface area contributed by atoms with E-state index in [2.05, 4.69) is 34.8 Å². The molecule has 0 aliphatic rings. The Bertz CT molecular complexity index is 336. The summed E-state index contributed by atoms with van der Waals surface area (Å²) in [6, 6.07) is 1.82. The Hall–Kier alpha value is -0.700. The monoisotopic (exact) mass is 269 g/mol. The van der Waals surface area contributed by atoms with E-state index in [1.165, 1.54) is 0 Å². The Morgan fingerprint density at radius 3 is 2.80 bits per heavy atom. The van der Waals surface area contributed by atoms with Crippen molar-refractivity contribution < 1.29 is 4.79 Å². The first-order chi connectivity index (χ1) is 7.09. The van der Waals surface area contributed by atoms with Crippen molar-refractivity contribution in [1.29, 1.82) is 0 Å². The molecule has 0 radical (unpaired) electrons. The number of carbonyl (C=O) groups excluding carboxylic acids is 1. The smallest absolute Gasteiger partial charge is 0.164 e. The molecule has 1 heterocycles. The highest BCUT2D eigenvalue weighted by molar-refractivity contribution is 9.10. The van der Waals surface area contributed by atoms with Gasteiger partial charge in [-0.25, -0.2) is 0 Å². The molecule has 1 aromatic rings. The molecule has 0 aliphatic carbocycles. The molecule has 0 bridgehead atoms. The number of halogens is 1. The zero-order valence-corrected chi connectivity index (χ0v) is 10.8. The molecule has 1 aromatic heterocycles. The number of nitrogens with zero attached hydrogens (tertiary/aromatic N) is 1. The normalized spacial score (nSPS) is 10.7. The first-order valence-electron chi connectivity index (χ1n) is 5.23. The topological polar surface area (TPSA) is 30.0 Å². The Labute approximate surface area is 99.2 Å². The summed E-state index contributed by atoms with van der Waals surface area (Å²) in [5.74, 6) is 0.850. The quantitative estimate of drug-likeness (QED) is 0.760. The molecular formula is C12H16BrNO. The van der Waals surface area contributed by atoms with Crippen LogP contribution in [0, 0.1) is 5.92 Å². The lowest BCUT2D eigenvalue weighted by Crippen LogP contribution is -2.00. The van der Waals surface area contributed by atoms with Crippen LogP contribution in [0.5, 0.6) is 0 Å². The van der Waals surface area contributed by atoms with Crippen LogP contribution in [0.4, 0.5) is 0 Å². The van der Waals surface area contributed by atoms with E-state index in [0.29, 0.717) is 17.9 Å². The average molecular weight is 270 g/mol. The molecule has 0 atom stereocenters. The molecule has 0 saturated carbocycles. The van der Waals surface area contributed by atoms with E-state index in [-0.39, 0.29) is 5.78 Å². The van der Waals surface area contributed by atoms with Crippen molar-refractivity contribution in [3.63, 3.8) is 0 Å². The fourth-order valence-corrected chi connectivity index (χ4v) is 1.74. The van der Waals surface area contributed by atoms with Crippen LogP contribution in [-0.2, 0) is 0 Å². The fraction of sp³-hybridized carbons (Fsp3) is 0.500. The summed E-state index contributed by atoms with van der Waals surface area (Å²) in [5.41, 5.74) is 0.702. The molecule has 0 saturated heterocycles. The van der Waals surface area contributed by atoms with Crippen molar-refractivity contribution in [3.8, 4) is 0 Å². The van der Waals surface area contributed by atoms with Crippen molar-refractivity contribution in [2.45, 2.75) is 33.1 Å². The lowest BCUT2D eigenvalue weighted by Gasteiger charge is -2.03. The summed E-state index contributed by atoms with van der Waals surface area (Å²) in [7, 11) is 0. The molecule has 0 N–H and O–H groups in total. The number of rotatable bonds is 5. The molecule has 0 spiro atoms. The number of hydrogen-bond donors (Lipinski definition) is 0. The molecule has 0 aliphatic heterocycles. The third kappa shape index (κ3) is 4.56. The highest BCUT2D eigenvalue weighted by atomic mass is 79.9. The zero-order chi connectivity index (χ0) is 11.3. The Morgan fingerprint density at radius 1 is 1.47 bits per heavy atom. The van der Waals surface area contributed by atoms with E-state index < -0.39 is 0 Å². The number of hydrogen-bond acceptors (Lipinski definition) is 2. The summed E-state index contributed by atoms with van der Waals surface area (Å²) in [6.45, 7) is 4.34. The van der Waals surface area contributed by atoms with Gasteiger partial charge in [-0.2, -0.15) is 0 Å². The van der Waals surface area contributed by atoms with Crippen LogP contribution in [0.15, 0.2) is 22.9 Å². The Balaban J connectivity index is 2.47. The van der Waals surface area contributed by atoms with Crippen molar-refractivity contribution >= 4 is 21.7 Å². The number of pyridine rings is 1. The number of aromatic nitrogens is 1. The summed E-state index contributed by atoms with van der Waals surface area (Å²) < 4.78 is 0.859. The predicted molar refractivity (Wildman–Crippen MR) is 65.0 cm³/mol. The van der Waals surface area contributed by atoms with Gasteiger partial charge in [-0.1, -0.05) is 20.3 Å². The average Bonchev–Trinajstić information content (AvgIpc) is 2.17. The minimum atomic E-state index is 0.185. The van der Waals surface area contributed by atoms with Gasteiger partial charge in [0, 0.05) is 28.9 Å². The molecule has 0 fully saturated rings. The summed E-state index contributed by atoms with van der Waals surface area (Å²) >= 11 is 3.31. The van der Waals surface area contributed by atoms with Crippen LogP contribution in [0.1, 0.15) is 43.5 Å². The second kappa shape index (κ2) is 6.01. The van der Waals surface area contributed by atoms with Crippen LogP contribution in [0.25, 0.3) is 0 Å². The van der Waals surface area contributed by atoms with E-state index in [4.69, 9.17) is 0 Å². The Morgan fingerprint density at radius 2 is 2.20 bits per heavy atom. The van der Waals surface area contributed by atoms with Crippen LogP contribution >= 0.6 is 15.9 Å². The van der Waals surface area contributed by atoms with Gasteiger partial charge in [0.25, 0.3) is 0 Å². The molecule has 82 valence electrons. The van der Waals surface area contributed by atoms with Crippen molar-refractivity contribution in [2.75, 3.05) is 0 Å². The van der Waals surface area contributed by atoms with Crippen LogP contribution in [0.2, 0.25) is 0 Å². The van der Waals surface area contributed by atoms with E-state index in [1.807, 2.05) is 6.07 Å². The first kappa shape index (κ1) is 12.4. The van der Waals surface area contributed by atoms with Gasteiger partial charge in [-0.3, -0.25) is 9.78 Å². The van der Waals surface area contributed by atoms with E-state index in [1.54, 1.807) is 12.4 Å². The first-order valence-corrected chi connectivity index (χ1v) is 6.02. The lowest BCUT2D eigenvalue weighted by atomic mass is 10.0. The minimum Gasteiger partial charge on any atom is -0.294 e. The largest absolute Gasteiger partial charge is 0.294 e. The zero-order valence-electron chi connectivity index (χ0n) is 9.16. The molecule has 1 rings (SSSR count). The van der Waals surface area contributed by atoms with Gasteiger partial charge in [-0.15, -0.1) is 0 Å². The second-order valence-corrected chi connectivity index (χ2v) is 5.02. The third-order valence-electron chi connectivity index (χ3n) is 2.21. The second-order valence-electron chi connectivity index (χ2n) is 4.10. The van der Waals surface area contributed by atoms with Crippen molar-refractivity contribution in [2.24, 2.45) is 5.92 Å². The van der Waals surface area contributed by atoms with E-state index in [0.717, 1.165) is 17.3 Å². The van der Waals surface area contributed by atoms with Gasteiger partial charge in [0.05, 0.1) is 0 Å². The maximum absolute atomic E-state index is 11.7. The van der Waals surface area contributed by atoms with Gasteiger partial charge in [0.15, 0.2) is 5.78 Å². The summed E-state index contributed by atoms with van der Waals surface area (Å²) in [6.07, 6.45) is 6.00. The molecule has 3 heteroatoms. The standard InChI is InChI=1S/C12H16BrNO/c1-9(2)4-3-5-12(15)10-6-11(13)8-14-7-10/h6-9H,3-5H2,1-2H3. The Kier molecular flexibility index (Phi) is 4.95. The number of carbonyl (C=O) groups is 1. The van der Waals surface area contributed by atoms with Gasteiger partial charge < -0.3 is 0 Å². The number of ketones is 1. The molecule has 15 heavy (non-hydrogen) atoms. The highest BCUT2D eigenvalue weighted by Crippen LogP contribution is 2.14. The lowest BCUT2D eigenvalue weighted by molar-refractivity contribution is 0.0978. The molecule has 0 unspecified atom stereocenters. The van der Waals surface area contributed by atoms with Crippen molar-refractivity contribution in [1.82, 2.24) is 4.98 Å². The molecular weight excluding hydrogens is 254 g/mol. The maximum Gasteiger partial charge on any atom is 0.164 e. The number of Topliss-reactive ketones (excluding diaryl/α,β-unsaturated/α-hetero) is 1. The van der Waals surface area contributed by atoms with Crippen LogP contribution in [-0.4, -0.2) is 10.8 Å². The van der Waals surface area contributed by atoms with Gasteiger partial charge in [0.1, 0.15) is 0 Å². The van der Waals surface area contributed by atoms with Crippen LogP contribution < -0.4 is 0 Å². The molecule has 0 aromatic carbocycles. The van der Waals surface area contributed by atoms with Gasteiger partial charge >= 0.3 is 0 Å². The molecule has 0 amide bonds. The van der Waals surface area contributed by atoms with Crippen LogP contribution in [0.3, 0.4) is 0 Å². The minimum absolute atomic E-state index is 0.185. The maximum atomic E-state index is 11.7. The summed E-state index contributed by atoms with van der Waals surface area (Å²) in [5, 5.41) is 0. The molecule has 2 nitrogen and oxygen atoms in total. The fourth-order valence-electron chi connectivity index (χ4n) is 1.38. The highest BCUT2D eigenvalue weighted by Gasteiger charge is 2.06. The van der Waals surface area contributed by atoms with E-state index in [9.17, 15) is 4.79 Å².